The third-order valence-corrected chi connectivity index (χ3v) is 4.96. The van der Waals surface area contributed by atoms with E-state index in [9.17, 15) is 0 Å². The number of benzene rings is 1. The Morgan fingerprint density at radius 1 is 1.16 bits per heavy atom. The van der Waals surface area contributed by atoms with Gasteiger partial charge < -0.3 is 9.88 Å². The SMILES string of the molecule is c1ccc2c(c1)ccn2CCCNC1CCSCC1. The van der Waals surface area contributed by atoms with E-state index in [-0.39, 0.29) is 0 Å². The predicted molar refractivity (Wildman–Crippen MR) is 84.9 cm³/mol. The maximum atomic E-state index is 3.71. The van der Waals surface area contributed by atoms with Gasteiger partial charge in [0.05, 0.1) is 0 Å². The van der Waals surface area contributed by atoms with Crippen LogP contribution in [0, 0.1) is 0 Å². The zero-order valence-corrected chi connectivity index (χ0v) is 12.2. The van der Waals surface area contributed by atoms with Crippen LogP contribution in [0.2, 0.25) is 0 Å². The van der Waals surface area contributed by atoms with Crippen LogP contribution in [0.25, 0.3) is 10.9 Å². The monoisotopic (exact) mass is 274 g/mol. The number of fused-ring (bicyclic) bond motifs is 1. The molecule has 1 aliphatic rings. The highest BCUT2D eigenvalue weighted by molar-refractivity contribution is 7.99. The molecule has 1 aromatic heterocycles. The molecule has 1 aliphatic heterocycles. The molecular weight excluding hydrogens is 252 g/mol. The molecule has 0 amide bonds. The molecule has 2 heterocycles. The molecule has 0 aliphatic carbocycles. The average molecular weight is 274 g/mol. The molecule has 0 spiro atoms. The third-order valence-electron chi connectivity index (χ3n) is 3.91. The van der Waals surface area contributed by atoms with E-state index < -0.39 is 0 Å². The molecule has 1 fully saturated rings. The van der Waals surface area contributed by atoms with Gasteiger partial charge in [0.2, 0.25) is 0 Å². The summed E-state index contributed by atoms with van der Waals surface area (Å²) in [4.78, 5) is 0. The number of para-hydroxylation sites is 1. The van der Waals surface area contributed by atoms with Gasteiger partial charge in [0.1, 0.15) is 0 Å². The Morgan fingerprint density at radius 3 is 2.89 bits per heavy atom. The van der Waals surface area contributed by atoms with Crippen molar-refractivity contribution in [2.75, 3.05) is 18.1 Å². The van der Waals surface area contributed by atoms with Crippen molar-refractivity contribution >= 4 is 22.7 Å². The van der Waals surface area contributed by atoms with Crippen LogP contribution in [-0.4, -0.2) is 28.7 Å². The topological polar surface area (TPSA) is 17.0 Å². The third kappa shape index (κ3) is 3.34. The molecule has 102 valence electrons. The van der Waals surface area contributed by atoms with E-state index in [1.807, 2.05) is 0 Å². The standard InChI is InChI=1S/C16H22N2S/c1-2-5-16-14(4-1)6-11-18(16)10-3-9-17-15-7-12-19-13-8-15/h1-2,4-6,11,15,17H,3,7-10,12-13H2. The summed E-state index contributed by atoms with van der Waals surface area (Å²) in [5, 5.41) is 5.05. The molecule has 0 atom stereocenters. The van der Waals surface area contributed by atoms with Crippen LogP contribution in [-0.2, 0) is 6.54 Å². The first-order chi connectivity index (χ1) is 9.43. The summed E-state index contributed by atoms with van der Waals surface area (Å²) in [6.45, 7) is 2.25. The van der Waals surface area contributed by atoms with E-state index in [2.05, 4.69) is 58.2 Å². The lowest BCUT2D eigenvalue weighted by Gasteiger charge is -2.22. The molecule has 0 unspecified atom stereocenters. The van der Waals surface area contributed by atoms with Crippen LogP contribution in [0.5, 0.6) is 0 Å². The predicted octanol–water partition coefficient (Wildman–Crippen LogP) is 3.52. The first-order valence-electron chi connectivity index (χ1n) is 7.28. The lowest BCUT2D eigenvalue weighted by atomic mass is 10.1. The summed E-state index contributed by atoms with van der Waals surface area (Å²) in [6, 6.07) is 11.6. The second-order valence-electron chi connectivity index (χ2n) is 5.26. The summed E-state index contributed by atoms with van der Waals surface area (Å²) in [5.74, 6) is 2.67. The molecule has 19 heavy (non-hydrogen) atoms. The molecule has 0 bridgehead atoms. The number of aromatic nitrogens is 1. The first-order valence-corrected chi connectivity index (χ1v) is 8.44. The van der Waals surface area contributed by atoms with E-state index in [1.54, 1.807) is 0 Å². The fraction of sp³-hybridized carbons (Fsp3) is 0.500. The summed E-state index contributed by atoms with van der Waals surface area (Å²) < 4.78 is 2.37. The normalized spacial score (nSPS) is 17.1. The summed E-state index contributed by atoms with van der Waals surface area (Å²) in [7, 11) is 0. The lowest BCUT2D eigenvalue weighted by molar-refractivity contribution is 0.466. The Morgan fingerprint density at radius 2 is 2.00 bits per heavy atom. The number of hydrogen-bond acceptors (Lipinski definition) is 2. The van der Waals surface area contributed by atoms with Crippen LogP contribution in [0.1, 0.15) is 19.3 Å². The van der Waals surface area contributed by atoms with Crippen molar-refractivity contribution in [3.8, 4) is 0 Å². The van der Waals surface area contributed by atoms with Crippen LogP contribution < -0.4 is 5.32 Å². The number of rotatable bonds is 5. The molecule has 1 aromatic carbocycles. The van der Waals surface area contributed by atoms with Gasteiger partial charge in [-0.05, 0) is 54.8 Å². The Hall–Kier alpha value is -0.930. The van der Waals surface area contributed by atoms with Crippen molar-refractivity contribution in [1.29, 1.82) is 0 Å². The Bertz CT molecular complexity index is 514. The smallest absolute Gasteiger partial charge is 0.0480 e. The van der Waals surface area contributed by atoms with Gasteiger partial charge in [0.15, 0.2) is 0 Å². The van der Waals surface area contributed by atoms with Crippen molar-refractivity contribution in [1.82, 2.24) is 9.88 Å². The van der Waals surface area contributed by atoms with Crippen LogP contribution in [0.4, 0.5) is 0 Å². The Balaban J connectivity index is 1.47. The van der Waals surface area contributed by atoms with Crippen LogP contribution >= 0.6 is 11.8 Å². The van der Waals surface area contributed by atoms with Gasteiger partial charge in [0.25, 0.3) is 0 Å². The van der Waals surface area contributed by atoms with E-state index >= 15 is 0 Å². The number of hydrogen-bond donors (Lipinski definition) is 1. The van der Waals surface area contributed by atoms with Gasteiger partial charge in [-0.2, -0.15) is 11.8 Å². The molecule has 0 radical (unpaired) electrons. The largest absolute Gasteiger partial charge is 0.347 e. The molecule has 2 aromatic rings. The minimum absolute atomic E-state index is 0.766. The fourth-order valence-electron chi connectivity index (χ4n) is 2.79. The minimum Gasteiger partial charge on any atom is -0.347 e. The van der Waals surface area contributed by atoms with E-state index in [4.69, 9.17) is 0 Å². The molecule has 0 saturated carbocycles. The van der Waals surface area contributed by atoms with Crippen molar-refractivity contribution < 1.29 is 0 Å². The van der Waals surface area contributed by atoms with Crippen LogP contribution in [0.15, 0.2) is 36.5 Å². The van der Waals surface area contributed by atoms with E-state index in [0.717, 1.165) is 19.1 Å². The van der Waals surface area contributed by atoms with Gasteiger partial charge in [-0.1, -0.05) is 18.2 Å². The second-order valence-corrected chi connectivity index (χ2v) is 6.49. The quantitative estimate of drug-likeness (QED) is 0.840. The fourth-order valence-corrected chi connectivity index (χ4v) is 3.90. The summed E-state index contributed by atoms with van der Waals surface area (Å²) in [5.41, 5.74) is 1.36. The van der Waals surface area contributed by atoms with E-state index in [1.165, 1.54) is 41.7 Å². The van der Waals surface area contributed by atoms with Gasteiger partial charge in [-0.25, -0.2) is 0 Å². The summed E-state index contributed by atoms with van der Waals surface area (Å²) in [6.07, 6.45) is 6.11. The van der Waals surface area contributed by atoms with Gasteiger partial charge in [0, 0.05) is 24.3 Å². The Labute approximate surface area is 119 Å². The first kappa shape index (κ1) is 13.1. The highest BCUT2D eigenvalue weighted by Crippen LogP contribution is 2.17. The average Bonchev–Trinajstić information content (AvgIpc) is 2.88. The molecule has 1 saturated heterocycles. The number of aryl methyl sites for hydroxylation is 1. The number of thioether (sulfide) groups is 1. The van der Waals surface area contributed by atoms with Crippen molar-refractivity contribution in [2.45, 2.75) is 31.8 Å². The van der Waals surface area contributed by atoms with Crippen LogP contribution in [0.3, 0.4) is 0 Å². The zero-order valence-electron chi connectivity index (χ0n) is 11.3. The van der Waals surface area contributed by atoms with Crippen molar-refractivity contribution in [2.24, 2.45) is 0 Å². The lowest BCUT2D eigenvalue weighted by Crippen LogP contribution is -2.33. The van der Waals surface area contributed by atoms with Gasteiger partial charge >= 0.3 is 0 Å². The molecule has 3 heteroatoms. The molecule has 1 N–H and O–H groups in total. The highest BCUT2D eigenvalue weighted by atomic mass is 32.2. The van der Waals surface area contributed by atoms with Crippen molar-refractivity contribution in [3.05, 3.63) is 36.5 Å². The van der Waals surface area contributed by atoms with Crippen molar-refractivity contribution in [3.63, 3.8) is 0 Å². The maximum absolute atomic E-state index is 3.71. The van der Waals surface area contributed by atoms with Gasteiger partial charge in [-0.15, -0.1) is 0 Å². The summed E-state index contributed by atoms with van der Waals surface area (Å²) >= 11 is 2.09. The molecular formula is C16H22N2S. The number of nitrogens with one attached hydrogen (secondary N) is 1. The molecule has 2 nitrogen and oxygen atoms in total. The maximum Gasteiger partial charge on any atom is 0.0480 e. The highest BCUT2D eigenvalue weighted by Gasteiger charge is 2.12. The molecule has 3 rings (SSSR count). The zero-order chi connectivity index (χ0) is 12.9. The van der Waals surface area contributed by atoms with E-state index in [0.29, 0.717) is 0 Å². The second kappa shape index (κ2) is 6.49. The Kier molecular flexibility index (Phi) is 4.46. The van der Waals surface area contributed by atoms with Gasteiger partial charge in [-0.3, -0.25) is 0 Å². The minimum atomic E-state index is 0.766. The number of nitrogens with zero attached hydrogens (tertiary/aromatic N) is 1.